The number of carbonyl (C=O) groups excluding carboxylic acids is 1. The van der Waals surface area contributed by atoms with Crippen LogP contribution in [-0.4, -0.2) is 73.0 Å². The van der Waals surface area contributed by atoms with Crippen LogP contribution < -0.4 is 9.64 Å². The number of aromatic nitrogens is 2. The summed E-state index contributed by atoms with van der Waals surface area (Å²) in [5.41, 5.74) is 0.374. The lowest BCUT2D eigenvalue weighted by Gasteiger charge is -2.34. The molecule has 31 heavy (non-hydrogen) atoms. The molecule has 0 spiro atoms. The lowest BCUT2D eigenvalue weighted by molar-refractivity contribution is -0.121. The van der Waals surface area contributed by atoms with Crippen LogP contribution in [0.2, 0.25) is 5.02 Å². The summed E-state index contributed by atoms with van der Waals surface area (Å²) in [6.07, 6.45) is 0.584. The fourth-order valence-electron chi connectivity index (χ4n) is 3.64. The van der Waals surface area contributed by atoms with Gasteiger partial charge in [-0.3, -0.25) is 9.69 Å². The molecule has 2 aliphatic rings. The van der Waals surface area contributed by atoms with Crippen molar-refractivity contribution in [1.29, 1.82) is 0 Å². The summed E-state index contributed by atoms with van der Waals surface area (Å²) in [4.78, 5) is 20.3. The molecule has 3 heterocycles. The minimum Gasteiger partial charge on any atom is -0.482 e. The van der Waals surface area contributed by atoms with Gasteiger partial charge < -0.3 is 14.2 Å². The zero-order valence-corrected chi connectivity index (χ0v) is 18.9. The summed E-state index contributed by atoms with van der Waals surface area (Å²) in [6.45, 7) is 6.79. The van der Waals surface area contributed by atoms with Crippen LogP contribution in [0.1, 0.15) is 25.6 Å². The van der Waals surface area contributed by atoms with Crippen molar-refractivity contribution in [2.75, 3.05) is 44.2 Å². The number of fused-ring (bicyclic) bond motifs is 1. The first kappa shape index (κ1) is 22.0. The number of carbonyl (C=O) groups is 1. The molecule has 0 N–H and O–H groups in total. The van der Waals surface area contributed by atoms with E-state index >= 15 is 0 Å². The first-order valence-electron chi connectivity index (χ1n) is 10.1. The van der Waals surface area contributed by atoms with Crippen molar-refractivity contribution < 1.29 is 22.5 Å². The van der Waals surface area contributed by atoms with E-state index in [-0.39, 0.29) is 34.7 Å². The van der Waals surface area contributed by atoms with E-state index in [2.05, 4.69) is 15.0 Å². The second-order valence-electron chi connectivity index (χ2n) is 7.32. The summed E-state index contributed by atoms with van der Waals surface area (Å²) in [5, 5.41) is 3.91. The van der Waals surface area contributed by atoms with E-state index in [1.165, 1.54) is 21.3 Å². The molecule has 0 radical (unpaired) electrons. The molecule has 12 heteroatoms. The molecule has 0 unspecified atom stereocenters. The lowest BCUT2D eigenvalue weighted by Crippen LogP contribution is -2.48. The number of sulfonamides is 1. The highest BCUT2D eigenvalue weighted by Crippen LogP contribution is 2.40. The molecule has 1 aromatic carbocycles. The average molecular weight is 470 g/mol. The highest BCUT2D eigenvalue weighted by Gasteiger charge is 2.34. The number of anilines is 1. The number of hydrogen-bond donors (Lipinski definition) is 0. The van der Waals surface area contributed by atoms with Gasteiger partial charge in [0.15, 0.2) is 12.4 Å². The number of ether oxygens (including phenoxy) is 1. The average Bonchev–Trinajstić information content (AvgIpc) is 3.23. The number of likely N-dealkylation sites (N-methyl/N-ethyl adjacent to an activating group) is 1. The molecule has 4 rings (SSSR count). The number of rotatable bonds is 6. The highest BCUT2D eigenvalue weighted by atomic mass is 35.5. The number of piperazine rings is 1. The van der Waals surface area contributed by atoms with Crippen LogP contribution in [0.5, 0.6) is 5.75 Å². The maximum atomic E-state index is 13.2. The van der Waals surface area contributed by atoms with Crippen LogP contribution >= 0.6 is 11.6 Å². The SMILES string of the molecule is CCc1nc(CN2C(=O)COc3cc(S(=O)(=O)N4CCN(CC)CC4)c(Cl)cc32)no1. The van der Waals surface area contributed by atoms with Gasteiger partial charge in [0, 0.05) is 38.7 Å². The van der Waals surface area contributed by atoms with Crippen molar-refractivity contribution in [2.24, 2.45) is 0 Å². The molecule has 1 amide bonds. The van der Waals surface area contributed by atoms with Gasteiger partial charge in [-0.05, 0) is 12.6 Å². The van der Waals surface area contributed by atoms with E-state index in [9.17, 15) is 13.2 Å². The van der Waals surface area contributed by atoms with E-state index in [0.717, 1.165) is 6.54 Å². The summed E-state index contributed by atoms with van der Waals surface area (Å²) in [5.74, 6) is 0.782. The Morgan fingerprint density at radius 2 is 1.90 bits per heavy atom. The van der Waals surface area contributed by atoms with Gasteiger partial charge in [-0.15, -0.1) is 0 Å². The molecule has 1 saturated heterocycles. The number of hydrogen-bond acceptors (Lipinski definition) is 8. The number of nitrogens with zero attached hydrogens (tertiary/aromatic N) is 5. The second kappa shape index (κ2) is 8.73. The first-order chi connectivity index (χ1) is 14.8. The van der Waals surface area contributed by atoms with Crippen LogP contribution in [-0.2, 0) is 27.8 Å². The molecule has 0 atom stereocenters. The highest BCUT2D eigenvalue weighted by molar-refractivity contribution is 7.89. The standard InChI is InChI=1S/C19H24ClN5O5S/c1-3-18-21-17(22-30-18)11-25-14-9-13(20)16(10-15(14)29-12-19(25)26)31(27,28)24-7-5-23(4-2)6-8-24/h9-10H,3-8,11-12H2,1-2H3. The fraction of sp³-hybridized carbons (Fsp3) is 0.526. The number of halogens is 1. The zero-order valence-electron chi connectivity index (χ0n) is 17.4. The first-order valence-corrected chi connectivity index (χ1v) is 12.0. The summed E-state index contributed by atoms with van der Waals surface area (Å²) < 4.78 is 38.5. The molecule has 1 fully saturated rings. The molecule has 0 aliphatic carbocycles. The Morgan fingerprint density at radius 3 is 2.55 bits per heavy atom. The van der Waals surface area contributed by atoms with Gasteiger partial charge in [-0.2, -0.15) is 9.29 Å². The van der Waals surface area contributed by atoms with Crippen molar-refractivity contribution in [3.8, 4) is 5.75 Å². The van der Waals surface area contributed by atoms with Crippen LogP contribution in [0.15, 0.2) is 21.6 Å². The third-order valence-corrected chi connectivity index (χ3v) is 7.83. The minimum absolute atomic E-state index is 0.0278. The number of amides is 1. The van der Waals surface area contributed by atoms with Crippen molar-refractivity contribution in [3.63, 3.8) is 0 Å². The Kier molecular flexibility index (Phi) is 6.20. The van der Waals surface area contributed by atoms with Gasteiger partial charge in [0.2, 0.25) is 15.9 Å². The van der Waals surface area contributed by atoms with Gasteiger partial charge in [0.1, 0.15) is 10.6 Å². The normalized spacial score (nSPS) is 18.2. The van der Waals surface area contributed by atoms with Crippen molar-refractivity contribution in [2.45, 2.75) is 31.7 Å². The molecule has 1 aromatic heterocycles. The topological polar surface area (TPSA) is 109 Å². The molecule has 0 saturated carbocycles. The van der Waals surface area contributed by atoms with Crippen molar-refractivity contribution >= 4 is 33.2 Å². The Balaban J connectivity index is 1.63. The van der Waals surface area contributed by atoms with Gasteiger partial charge in [-0.25, -0.2) is 8.42 Å². The number of benzene rings is 1. The molecule has 10 nitrogen and oxygen atoms in total. The maximum Gasteiger partial charge on any atom is 0.265 e. The number of aryl methyl sites for hydroxylation is 1. The quantitative estimate of drug-likeness (QED) is 0.626. The predicted octanol–water partition coefficient (Wildman–Crippen LogP) is 1.54. The van der Waals surface area contributed by atoms with E-state index in [1.54, 1.807) is 0 Å². The largest absolute Gasteiger partial charge is 0.482 e. The molecule has 168 valence electrons. The van der Waals surface area contributed by atoms with Crippen LogP contribution in [0.3, 0.4) is 0 Å². The third-order valence-electron chi connectivity index (χ3n) is 5.46. The Labute approximate surface area is 185 Å². The van der Waals surface area contributed by atoms with E-state index in [1.807, 2.05) is 13.8 Å². The van der Waals surface area contributed by atoms with E-state index in [0.29, 0.717) is 50.0 Å². The van der Waals surface area contributed by atoms with Crippen molar-refractivity contribution in [3.05, 3.63) is 28.9 Å². The van der Waals surface area contributed by atoms with Crippen LogP contribution in [0.25, 0.3) is 0 Å². The lowest BCUT2D eigenvalue weighted by atomic mass is 10.2. The molecule has 2 aliphatic heterocycles. The Hall–Kier alpha value is -2.21. The van der Waals surface area contributed by atoms with E-state index < -0.39 is 10.0 Å². The maximum absolute atomic E-state index is 13.2. The molecule has 2 aromatic rings. The molecular weight excluding hydrogens is 446 g/mol. The fourth-order valence-corrected chi connectivity index (χ4v) is 5.57. The van der Waals surface area contributed by atoms with Gasteiger partial charge in [-0.1, -0.05) is 30.6 Å². The van der Waals surface area contributed by atoms with Crippen molar-refractivity contribution in [1.82, 2.24) is 19.3 Å². The summed E-state index contributed by atoms with van der Waals surface area (Å²) >= 11 is 6.40. The molecular formula is C19H24ClN5O5S. The van der Waals surface area contributed by atoms with Gasteiger partial charge >= 0.3 is 0 Å². The predicted molar refractivity (Wildman–Crippen MR) is 113 cm³/mol. The van der Waals surface area contributed by atoms with Gasteiger partial charge in [0.25, 0.3) is 5.91 Å². The second-order valence-corrected chi connectivity index (χ2v) is 9.63. The monoisotopic (exact) mass is 469 g/mol. The summed E-state index contributed by atoms with van der Waals surface area (Å²) in [7, 11) is -3.80. The third kappa shape index (κ3) is 4.27. The van der Waals surface area contributed by atoms with Crippen LogP contribution in [0.4, 0.5) is 5.69 Å². The van der Waals surface area contributed by atoms with E-state index in [4.69, 9.17) is 20.9 Å². The minimum atomic E-state index is -3.80. The van der Waals surface area contributed by atoms with Gasteiger partial charge in [0.05, 0.1) is 17.3 Å². The molecule has 0 bridgehead atoms. The Bertz CT molecular complexity index is 1080. The summed E-state index contributed by atoms with van der Waals surface area (Å²) in [6, 6.07) is 2.84. The smallest absolute Gasteiger partial charge is 0.265 e. The zero-order chi connectivity index (χ0) is 22.2. The Morgan fingerprint density at radius 1 is 1.16 bits per heavy atom. The van der Waals surface area contributed by atoms with Crippen LogP contribution in [0, 0.1) is 0 Å².